The van der Waals surface area contributed by atoms with Gasteiger partial charge < -0.3 is 5.84 Å². The van der Waals surface area contributed by atoms with Crippen molar-refractivity contribution in [1.29, 1.82) is 0 Å². The summed E-state index contributed by atoms with van der Waals surface area (Å²) < 4.78 is 1.13. The first-order valence-corrected chi connectivity index (χ1v) is 5.57. The number of nitrogen functional groups attached to an aromatic ring is 1. The van der Waals surface area contributed by atoms with Gasteiger partial charge in [0.1, 0.15) is 0 Å². The maximum atomic E-state index is 12.1. The molecule has 3 rings (SSSR count). The smallest absolute Gasteiger partial charge is 0.298 e. The van der Waals surface area contributed by atoms with Gasteiger partial charge in [0, 0.05) is 11.5 Å². The molecule has 1 aromatic carbocycles. The molecule has 1 aliphatic rings. The molecule has 1 aliphatic carbocycles. The first-order chi connectivity index (χ1) is 8.27. The van der Waals surface area contributed by atoms with Gasteiger partial charge in [-0.05, 0) is 12.8 Å². The predicted octanol–water partition coefficient (Wildman–Crippen LogP) is 0.896. The van der Waals surface area contributed by atoms with Crippen LogP contribution < -0.4 is 11.4 Å². The van der Waals surface area contributed by atoms with Crippen LogP contribution in [0.15, 0.2) is 35.1 Å². The van der Waals surface area contributed by atoms with Crippen molar-refractivity contribution in [3.63, 3.8) is 0 Å². The second-order valence-electron chi connectivity index (χ2n) is 4.22. The van der Waals surface area contributed by atoms with Gasteiger partial charge in [-0.1, -0.05) is 30.3 Å². The van der Waals surface area contributed by atoms with E-state index in [2.05, 4.69) is 10.2 Å². The minimum absolute atomic E-state index is 0.284. The highest BCUT2D eigenvalue weighted by Crippen LogP contribution is 2.37. The van der Waals surface area contributed by atoms with E-state index < -0.39 is 0 Å². The lowest BCUT2D eigenvalue weighted by Gasteiger charge is -2.06. The Kier molecular flexibility index (Phi) is 2.18. The molecule has 1 heterocycles. The first-order valence-electron chi connectivity index (χ1n) is 5.57. The molecule has 5 heteroatoms. The normalized spacial score (nSPS) is 14.8. The van der Waals surface area contributed by atoms with E-state index in [-0.39, 0.29) is 5.56 Å². The van der Waals surface area contributed by atoms with Crippen molar-refractivity contribution < 1.29 is 0 Å². The molecule has 0 bridgehead atoms. The molecular weight excluding hydrogens is 216 g/mol. The van der Waals surface area contributed by atoms with E-state index in [1.165, 1.54) is 0 Å². The van der Waals surface area contributed by atoms with Gasteiger partial charge in [0.15, 0.2) is 11.5 Å². The highest BCUT2D eigenvalue weighted by molar-refractivity contribution is 5.57. The van der Waals surface area contributed by atoms with Crippen molar-refractivity contribution in [3.8, 4) is 11.3 Å². The zero-order valence-electron chi connectivity index (χ0n) is 9.21. The Hall–Kier alpha value is -2.17. The fourth-order valence-corrected chi connectivity index (χ4v) is 1.81. The molecular formula is C12H12N4O. The maximum Gasteiger partial charge on any atom is 0.298 e. The lowest BCUT2D eigenvalue weighted by molar-refractivity contribution is 0.727. The largest absolute Gasteiger partial charge is 0.335 e. The van der Waals surface area contributed by atoms with Crippen LogP contribution in [0.1, 0.15) is 24.6 Å². The zero-order chi connectivity index (χ0) is 11.8. The Bertz CT molecular complexity index is 602. The van der Waals surface area contributed by atoms with E-state index in [0.717, 1.165) is 23.1 Å². The maximum absolute atomic E-state index is 12.1. The molecule has 1 fully saturated rings. The molecule has 1 aromatic heterocycles. The summed E-state index contributed by atoms with van der Waals surface area (Å²) in [7, 11) is 0. The standard InChI is InChI=1S/C12H12N4O/c13-16-11(9-6-7-9)15-14-10(12(16)17)8-4-2-1-3-5-8/h1-5,9H,6-7,13H2. The molecule has 0 unspecified atom stereocenters. The Morgan fingerprint density at radius 3 is 2.53 bits per heavy atom. The summed E-state index contributed by atoms with van der Waals surface area (Å²) in [5.74, 6) is 6.67. The lowest BCUT2D eigenvalue weighted by atomic mass is 10.2. The van der Waals surface area contributed by atoms with Gasteiger partial charge in [0.25, 0.3) is 5.56 Å². The van der Waals surface area contributed by atoms with Crippen LogP contribution in [0.3, 0.4) is 0 Å². The molecule has 0 amide bonds. The van der Waals surface area contributed by atoms with E-state index >= 15 is 0 Å². The molecule has 2 aromatic rings. The highest BCUT2D eigenvalue weighted by Gasteiger charge is 2.29. The molecule has 0 spiro atoms. The predicted molar refractivity (Wildman–Crippen MR) is 63.9 cm³/mol. The monoisotopic (exact) mass is 228 g/mol. The fraction of sp³-hybridized carbons (Fsp3) is 0.250. The summed E-state index contributed by atoms with van der Waals surface area (Å²) in [5, 5.41) is 8.07. The number of benzene rings is 1. The van der Waals surface area contributed by atoms with Crippen molar-refractivity contribution >= 4 is 0 Å². The second-order valence-corrected chi connectivity index (χ2v) is 4.22. The summed E-state index contributed by atoms with van der Waals surface area (Å²) >= 11 is 0. The summed E-state index contributed by atoms with van der Waals surface area (Å²) in [6, 6.07) is 9.24. The Morgan fingerprint density at radius 2 is 1.88 bits per heavy atom. The molecule has 5 nitrogen and oxygen atoms in total. The number of nitrogens with two attached hydrogens (primary N) is 1. The molecule has 0 saturated heterocycles. The Labute approximate surface area is 97.9 Å². The van der Waals surface area contributed by atoms with E-state index in [0.29, 0.717) is 17.4 Å². The molecule has 0 atom stereocenters. The molecule has 1 saturated carbocycles. The zero-order valence-corrected chi connectivity index (χ0v) is 9.21. The van der Waals surface area contributed by atoms with Crippen LogP contribution in [0.25, 0.3) is 11.3 Å². The van der Waals surface area contributed by atoms with Crippen molar-refractivity contribution in [3.05, 3.63) is 46.5 Å². The topological polar surface area (TPSA) is 73.8 Å². The Balaban J connectivity index is 2.14. The number of nitrogens with zero attached hydrogens (tertiary/aromatic N) is 3. The summed E-state index contributed by atoms with van der Waals surface area (Å²) in [4.78, 5) is 12.1. The van der Waals surface area contributed by atoms with Crippen LogP contribution in [0, 0.1) is 0 Å². The van der Waals surface area contributed by atoms with Crippen molar-refractivity contribution in [2.24, 2.45) is 0 Å². The molecule has 0 aliphatic heterocycles. The second kappa shape index (κ2) is 3.69. The van der Waals surface area contributed by atoms with Gasteiger partial charge in [-0.2, -0.15) is 0 Å². The van der Waals surface area contributed by atoms with Gasteiger partial charge >= 0.3 is 0 Å². The minimum atomic E-state index is -0.284. The quantitative estimate of drug-likeness (QED) is 0.775. The SMILES string of the molecule is Nn1c(C2CC2)nnc(-c2ccccc2)c1=O. The number of hydrogen-bond acceptors (Lipinski definition) is 4. The average Bonchev–Trinajstić information content (AvgIpc) is 3.18. The summed E-state index contributed by atoms with van der Waals surface area (Å²) in [6.07, 6.45) is 2.08. The molecule has 17 heavy (non-hydrogen) atoms. The molecule has 0 radical (unpaired) electrons. The van der Waals surface area contributed by atoms with Crippen LogP contribution in [0.2, 0.25) is 0 Å². The third-order valence-corrected chi connectivity index (χ3v) is 2.91. The first kappa shape index (κ1) is 10.0. The van der Waals surface area contributed by atoms with E-state index in [4.69, 9.17) is 5.84 Å². The van der Waals surface area contributed by atoms with Gasteiger partial charge in [-0.15, -0.1) is 10.2 Å². The van der Waals surface area contributed by atoms with Gasteiger partial charge in [-0.25, -0.2) is 4.68 Å². The fourth-order valence-electron chi connectivity index (χ4n) is 1.81. The van der Waals surface area contributed by atoms with E-state index in [1.807, 2.05) is 30.3 Å². The average molecular weight is 228 g/mol. The van der Waals surface area contributed by atoms with Crippen molar-refractivity contribution in [1.82, 2.24) is 14.9 Å². The number of aromatic nitrogens is 3. The highest BCUT2D eigenvalue weighted by atomic mass is 16.1. The van der Waals surface area contributed by atoms with Crippen LogP contribution in [0.5, 0.6) is 0 Å². The third-order valence-electron chi connectivity index (χ3n) is 2.91. The van der Waals surface area contributed by atoms with Gasteiger partial charge in [-0.3, -0.25) is 4.79 Å². The number of rotatable bonds is 2. The van der Waals surface area contributed by atoms with Crippen LogP contribution in [0.4, 0.5) is 0 Å². The summed E-state index contributed by atoms with van der Waals surface area (Å²) in [6.45, 7) is 0. The van der Waals surface area contributed by atoms with Crippen LogP contribution in [-0.4, -0.2) is 14.9 Å². The van der Waals surface area contributed by atoms with E-state index in [9.17, 15) is 4.79 Å². The van der Waals surface area contributed by atoms with Gasteiger partial charge in [0.05, 0.1) is 0 Å². The minimum Gasteiger partial charge on any atom is -0.335 e. The summed E-state index contributed by atoms with van der Waals surface area (Å²) in [5.41, 5.74) is 0.761. The third kappa shape index (κ3) is 1.69. The number of hydrogen-bond donors (Lipinski definition) is 1. The Morgan fingerprint density at radius 1 is 1.18 bits per heavy atom. The van der Waals surface area contributed by atoms with Crippen LogP contribution >= 0.6 is 0 Å². The van der Waals surface area contributed by atoms with Crippen molar-refractivity contribution in [2.75, 3.05) is 5.84 Å². The molecule has 2 N–H and O–H groups in total. The van der Waals surface area contributed by atoms with Crippen LogP contribution in [-0.2, 0) is 0 Å². The molecule has 86 valence electrons. The van der Waals surface area contributed by atoms with Crippen molar-refractivity contribution in [2.45, 2.75) is 18.8 Å². The van der Waals surface area contributed by atoms with E-state index in [1.54, 1.807) is 0 Å². The van der Waals surface area contributed by atoms with Gasteiger partial charge in [0.2, 0.25) is 0 Å². The lowest BCUT2D eigenvalue weighted by Crippen LogP contribution is -2.33.